The maximum atomic E-state index is 12.4. The molecule has 1 aromatic heterocycles. The van der Waals surface area contributed by atoms with Gasteiger partial charge in [-0.05, 0) is 36.8 Å². The molecule has 25 heavy (non-hydrogen) atoms. The molecular formula is C17H16Cl2N2O4. The molecule has 0 saturated heterocycles. The van der Waals surface area contributed by atoms with E-state index in [2.05, 4.69) is 10.3 Å². The number of carbonyl (C=O) groups is 2. The number of rotatable bonds is 6. The van der Waals surface area contributed by atoms with E-state index in [-0.39, 0.29) is 10.7 Å². The van der Waals surface area contributed by atoms with Gasteiger partial charge in [-0.3, -0.25) is 4.79 Å². The van der Waals surface area contributed by atoms with Gasteiger partial charge in [0.15, 0.2) is 6.10 Å². The van der Waals surface area contributed by atoms with Crippen LogP contribution in [0.4, 0.5) is 5.69 Å². The Morgan fingerprint density at radius 3 is 2.64 bits per heavy atom. The first-order chi connectivity index (χ1) is 11.9. The number of aromatic nitrogens is 1. The highest BCUT2D eigenvalue weighted by molar-refractivity contribution is 6.31. The molecule has 0 aliphatic rings. The Labute approximate surface area is 155 Å². The summed E-state index contributed by atoms with van der Waals surface area (Å²) in [4.78, 5) is 28.4. The molecule has 2 rings (SSSR count). The van der Waals surface area contributed by atoms with Crippen LogP contribution in [0.1, 0.15) is 23.7 Å². The van der Waals surface area contributed by atoms with Crippen molar-refractivity contribution in [1.82, 2.24) is 4.98 Å². The van der Waals surface area contributed by atoms with Crippen LogP contribution in [0.25, 0.3) is 0 Å². The van der Waals surface area contributed by atoms with E-state index in [0.717, 1.165) is 0 Å². The van der Waals surface area contributed by atoms with Crippen LogP contribution in [0.5, 0.6) is 5.75 Å². The number of carbonyl (C=O) groups excluding carboxylic acids is 2. The third-order valence-electron chi connectivity index (χ3n) is 3.29. The Kier molecular flexibility index (Phi) is 6.61. The fourth-order valence-electron chi connectivity index (χ4n) is 2.04. The lowest BCUT2D eigenvalue weighted by Gasteiger charge is -2.17. The molecule has 1 amide bonds. The number of hydrogen-bond donors (Lipinski definition) is 1. The van der Waals surface area contributed by atoms with Crippen molar-refractivity contribution in [1.29, 1.82) is 0 Å². The largest absolute Gasteiger partial charge is 0.495 e. The molecule has 8 heteroatoms. The zero-order valence-corrected chi connectivity index (χ0v) is 15.1. The molecule has 0 saturated carbocycles. The number of amides is 1. The van der Waals surface area contributed by atoms with E-state index < -0.39 is 18.0 Å². The molecule has 0 fully saturated rings. The van der Waals surface area contributed by atoms with Crippen LogP contribution in [0.3, 0.4) is 0 Å². The average molecular weight is 383 g/mol. The summed E-state index contributed by atoms with van der Waals surface area (Å²) in [6, 6.07) is 7.65. The first-order valence-corrected chi connectivity index (χ1v) is 8.17. The Hall–Kier alpha value is -2.31. The van der Waals surface area contributed by atoms with Crippen molar-refractivity contribution in [3.63, 3.8) is 0 Å². The molecular weight excluding hydrogens is 367 g/mol. The summed E-state index contributed by atoms with van der Waals surface area (Å²) in [6.45, 7) is 1.73. The molecule has 0 aliphatic carbocycles. The predicted octanol–water partition coefficient (Wildman–Crippen LogP) is 3.97. The number of nitrogens with one attached hydrogen (secondary N) is 1. The first-order valence-electron chi connectivity index (χ1n) is 7.41. The van der Waals surface area contributed by atoms with E-state index in [1.165, 1.54) is 25.4 Å². The van der Waals surface area contributed by atoms with Crippen molar-refractivity contribution >= 4 is 40.8 Å². The predicted molar refractivity (Wildman–Crippen MR) is 95.4 cm³/mol. The first kappa shape index (κ1) is 19.0. The number of ether oxygens (including phenoxy) is 2. The van der Waals surface area contributed by atoms with Crippen molar-refractivity contribution in [2.24, 2.45) is 0 Å². The number of methoxy groups -OCH3 is 1. The Morgan fingerprint density at radius 2 is 2.00 bits per heavy atom. The average Bonchev–Trinajstić information content (AvgIpc) is 2.59. The number of hydrogen-bond acceptors (Lipinski definition) is 5. The number of benzene rings is 1. The highest BCUT2D eigenvalue weighted by Gasteiger charge is 2.23. The Morgan fingerprint density at radius 1 is 1.24 bits per heavy atom. The van der Waals surface area contributed by atoms with Gasteiger partial charge in [0.05, 0.1) is 18.4 Å². The summed E-state index contributed by atoms with van der Waals surface area (Å²) < 4.78 is 10.4. The minimum absolute atomic E-state index is 0.163. The van der Waals surface area contributed by atoms with Crippen LogP contribution < -0.4 is 10.1 Å². The number of anilines is 1. The zero-order valence-electron chi connectivity index (χ0n) is 13.6. The smallest absolute Gasteiger partial charge is 0.339 e. The van der Waals surface area contributed by atoms with Crippen LogP contribution in [0.2, 0.25) is 10.2 Å². The maximum Gasteiger partial charge on any atom is 0.339 e. The minimum atomic E-state index is -0.983. The molecule has 1 heterocycles. The van der Waals surface area contributed by atoms with E-state index in [9.17, 15) is 9.59 Å². The van der Waals surface area contributed by atoms with Gasteiger partial charge >= 0.3 is 5.97 Å². The lowest BCUT2D eigenvalue weighted by atomic mass is 10.2. The van der Waals surface area contributed by atoms with E-state index in [0.29, 0.717) is 22.9 Å². The van der Waals surface area contributed by atoms with Crippen molar-refractivity contribution in [3.8, 4) is 5.75 Å². The summed E-state index contributed by atoms with van der Waals surface area (Å²) in [5, 5.41) is 3.26. The Balaban J connectivity index is 2.11. The third kappa shape index (κ3) is 5.08. The van der Waals surface area contributed by atoms with Crippen molar-refractivity contribution in [2.75, 3.05) is 12.4 Å². The van der Waals surface area contributed by atoms with Crippen LogP contribution >= 0.6 is 23.2 Å². The summed E-state index contributed by atoms with van der Waals surface area (Å²) in [5.41, 5.74) is 0.605. The molecule has 132 valence electrons. The SMILES string of the molecule is CCC(OC(=O)c1ccnc(Cl)c1)C(=O)Nc1cc(Cl)ccc1OC. The van der Waals surface area contributed by atoms with Gasteiger partial charge in [-0.1, -0.05) is 30.1 Å². The van der Waals surface area contributed by atoms with Crippen molar-refractivity contribution in [3.05, 3.63) is 52.3 Å². The third-order valence-corrected chi connectivity index (χ3v) is 3.74. The van der Waals surface area contributed by atoms with Crippen molar-refractivity contribution in [2.45, 2.75) is 19.4 Å². The molecule has 1 aromatic carbocycles. The second-order valence-electron chi connectivity index (χ2n) is 5.00. The van der Waals surface area contributed by atoms with Crippen LogP contribution in [-0.4, -0.2) is 30.1 Å². The molecule has 0 bridgehead atoms. The summed E-state index contributed by atoms with van der Waals surface area (Å²) >= 11 is 11.7. The molecule has 2 aromatic rings. The van der Waals surface area contributed by atoms with Gasteiger partial charge < -0.3 is 14.8 Å². The second-order valence-corrected chi connectivity index (χ2v) is 5.83. The van der Waals surface area contributed by atoms with E-state index in [4.69, 9.17) is 32.7 Å². The van der Waals surface area contributed by atoms with Gasteiger partial charge in [0, 0.05) is 11.2 Å². The Bertz CT molecular complexity index is 783. The monoisotopic (exact) mass is 382 g/mol. The summed E-state index contributed by atoms with van der Waals surface area (Å²) in [5.74, 6) is -0.708. The van der Waals surface area contributed by atoms with Gasteiger partial charge in [-0.25, -0.2) is 9.78 Å². The van der Waals surface area contributed by atoms with Gasteiger partial charge in [0.1, 0.15) is 10.9 Å². The summed E-state index contributed by atoms with van der Waals surface area (Å²) in [6.07, 6.45) is 0.693. The number of halogens is 2. The van der Waals surface area contributed by atoms with Crippen molar-refractivity contribution < 1.29 is 19.1 Å². The van der Waals surface area contributed by atoms with Gasteiger partial charge in [-0.15, -0.1) is 0 Å². The van der Waals surface area contributed by atoms with Gasteiger partial charge in [-0.2, -0.15) is 0 Å². The molecule has 0 radical (unpaired) electrons. The normalized spacial score (nSPS) is 11.5. The van der Waals surface area contributed by atoms with Gasteiger partial charge in [0.25, 0.3) is 5.91 Å². The molecule has 1 unspecified atom stereocenters. The minimum Gasteiger partial charge on any atom is -0.495 e. The highest BCUT2D eigenvalue weighted by atomic mass is 35.5. The van der Waals surface area contributed by atoms with Crippen LogP contribution in [-0.2, 0) is 9.53 Å². The second kappa shape index (κ2) is 8.69. The number of pyridine rings is 1. The zero-order chi connectivity index (χ0) is 18.4. The fraction of sp³-hybridized carbons (Fsp3) is 0.235. The van der Waals surface area contributed by atoms with Crippen LogP contribution in [0.15, 0.2) is 36.5 Å². The number of esters is 1. The molecule has 0 aliphatic heterocycles. The van der Waals surface area contributed by atoms with E-state index >= 15 is 0 Å². The highest BCUT2D eigenvalue weighted by Crippen LogP contribution is 2.28. The fourth-order valence-corrected chi connectivity index (χ4v) is 2.39. The molecule has 1 atom stereocenters. The van der Waals surface area contributed by atoms with Crippen LogP contribution in [0, 0.1) is 0 Å². The summed E-state index contributed by atoms with van der Waals surface area (Å²) in [7, 11) is 1.48. The lowest BCUT2D eigenvalue weighted by Crippen LogP contribution is -2.32. The van der Waals surface area contributed by atoms with Gasteiger partial charge in [0.2, 0.25) is 0 Å². The molecule has 1 N–H and O–H groups in total. The topological polar surface area (TPSA) is 77.5 Å². The quantitative estimate of drug-likeness (QED) is 0.603. The standard InChI is InChI=1S/C17H16Cl2N2O4/c1-3-13(25-17(23)10-6-7-20-15(19)8-10)16(22)21-12-9-11(18)4-5-14(12)24-2/h4-9,13H,3H2,1-2H3,(H,21,22). The van der Waals surface area contributed by atoms with E-state index in [1.54, 1.807) is 25.1 Å². The maximum absolute atomic E-state index is 12.4. The lowest BCUT2D eigenvalue weighted by molar-refractivity contribution is -0.124. The number of nitrogens with zero attached hydrogens (tertiary/aromatic N) is 1. The van der Waals surface area contributed by atoms with E-state index in [1.807, 2.05) is 0 Å². The molecule has 6 nitrogen and oxygen atoms in total. The molecule has 0 spiro atoms.